The molecule has 1 aliphatic heterocycles. The molecule has 1 fully saturated rings. The number of esters is 1. The fourth-order valence-electron chi connectivity index (χ4n) is 3.90. The number of nitrogens with one attached hydrogen (secondary N) is 1. The average molecular weight is 437 g/mol. The van der Waals surface area contributed by atoms with Crippen LogP contribution in [0.1, 0.15) is 45.9 Å². The largest absolute Gasteiger partial charge is 0.460 e. The molecular weight excluding hydrogens is 408 g/mol. The van der Waals surface area contributed by atoms with Crippen molar-refractivity contribution in [2.24, 2.45) is 5.73 Å². The summed E-state index contributed by atoms with van der Waals surface area (Å²) in [6, 6.07) is 9.19. The number of rotatable bonds is 6. The van der Waals surface area contributed by atoms with Crippen LogP contribution in [0.25, 0.3) is 22.6 Å². The number of primary amides is 1. The lowest BCUT2D eigenvalue weighted by atomic mass is 10.2. The van der Waals surface area contributed by atoms with Crippen molar-refractivity contribution in [2.45, 2.75) is 58.1 Å². The van der Waals surface area contributed by atoms with E-state index in [1.54, 1.807) is 0 Å². The highest BCUT2D eigenvalue weighted by molar-refractivity contribution is 5.90. The fourth-order valence-corrected chi connectivity index (χ4v) is 3.90. The van der Waals surface area contributed by atoms with Crippen LogP contribution in [0.15, 0.2) is 30.3 Å². The van der Waals surface area contributed by atoms with E-state index in [0.29, 0.717) is 48.0 Å². The molecule has 3 aromatic rings. The van der Waals surface area contributed by atoms with E-state index < -0.39 is 11.6 Å². The first-order chi connectivity index (χ1) is 15.2. The van der Waals surface area contributed by atoms with Gasteiger partial charge in [0.15, 0.2) is 17.3 Å². The van der Waals surface area contributed by atoms with Gasteiger partial charge in [0.05, 0.1) is 6.42 Å². The van der Waals surface area contributed by atoms with Gasteiger partial charge in [0.2, 0.25) is 5.91 Å². The molecular formula is C23H28N6O3. The summed E-state index contributed by atoms with van der Waals surface area (Å²) in [6.07, 6.45) is 2.10. The first kappa shape index (κ1) is 21.7. The Morgan fingerprint density at radius 2 is 1.94 bits per heavy atom. The Balaban J connectivity index is 1.71. The van der Waals surface area contributed by atoms with Gasteiger partial charge < -0.3 is 20.4 Å². The summed E-state index contributed by atoms with van der Waals surface area (Å²) in [5.41, 5.74) is 7.10. The van der Waals surface area contributed by atoms with Crippen LogP contribution in [0.4, 0.5) is 5.82 Å². The Hall–Kier alpha value is -3.49. The van der Waals surface area contributed by atoms with Crippen molar-refractivity contribution in [1.29, 1.82) is 0 Å². The van der Waals surface area contributed by atoms with Gasteiger partial charge in [0.1, 0.15) is 23.0 Å². The summed E-state index contributed by atoms with van der Waals surface area (Å²) in [6.45, 7) is 6.18. The smallest absolute Gasteiger partial charge is 0.306 e. The Bertz CT molecular complexity index is 1140. The van der Waals surface area contributed by atoms with Crippen LogP contribution in [0.5, 0.6) is 0 Å². The maximum Gasteiger partial charge on any atom is 0.306 e. The third-order valence-corrected chi connectivity index (χ3v) is 5.25. The molecule has 9 nitrogen and oxygen atoms in total. The molecule has 1 amide bonds. The lowest BCUT2D eigenvalue weighted by molar-refractivity contribution is -0.154. The van der Waals surface area contributed by atoms with Crippen LogP contribution in [-0.4, -0.2) is 50.0 Å². The lowest BCUT2D eigenvalue weighted by Crippen LogP contribution is -2.41. The molecule has 168 valence electrons. The highest BCUT2D eigenvalue weighted by atomic mass is 16.6. The molecule has 3 N–H and O–H groups in total. The van der Waals surface area contributed by atoms with Crippen molar-refractivity contribution in [1.82, 2.24) is 19.9 Å². The van der Waals surface area contributed by atoms with Gasteiger partial charge in [-0.3, -0.25) is 9.59 Å². The molecule has 1 aromatic carbocycles. The van der Waals surface area contributed by atoms with Crippen LogP contribution in [-0.2, 0) is 20.7 Å². The third-order valence-electron chi connectivity index (χ3n) is 5.25. The zero-order valence-electron chi connectivity index (χ0n) is 18.6. The van der Waals surface area contributed by atoms with Gasteiger partial charge in [0.25, 0.3) is 0 Å². The third kappa shape index (κ3) is 4.71. The van der Waals surface area contributed by atoms with Crippen LogP contribution < -0.4 is 10.6 Å². The number of aryl methyl sites for hydroxylation is 1. The minimum atomic E-state index is -0.534. The number of anilines is 1. The van der Waals surface area contributed by atoms with E-state index in [-0.39, 0.29) is 18.3 Å². The van der Waals surface area contributed by atoms with Crippen molar-refractivity contribution in [3.8, 4) is 11.4 Å². The molecule has 9 heteroatoms. The number of hydrogen-bond acceptors (Lipinski definition) is 7. The average Bonchev–Trinajstić information content (AvgIpc) is 3.38. The summed E-state index contributed by atoms with van der Waals surface area (Å²) in [4.78, 5) is 43.4. The summed E-state index contributed by atoms with van der Waals surface area (Å²) < 4.78 is 5.39. The summed E-state index contributed by atoms with van der Waals surface area (Å²) in [7, 11) is 0. The van der Waals surface area contributed by atoms with Crippen molar-refractivity contribution < 1.29 is 14.3 Å². The number of H-pyrrole nitrogens is 1. The number of fused-ring (bicyclic) bond motifs is 1. The molecule has 32 heavy (non-hydrogen) atoms. The van der Waals surface area contributed by atoms with Crippen molar-refractivity contribution in [3.63, 3.8) is 0 Å². The number of carbonyl (C=O) groups is 2. The van der Waals surface area contributed by atoms with Gasteiger partial charge >= 0.3 is 5.97 Å². The Morgan fingerprint density at radius 1 is 1.19 bits per heavy atom. The molecule has 0 spiro atoms. The summed E-state index contributed by atoms with van der Waals surface area (Å²) in [5.74, 6) is 1.07. The van der Waals surface area contributed by atoms with E-state index in [2.05, 4.69) is 15.0 Å². The molecule has 1 atom stereocenters. The van der Waals surface area contributed by atoms with Crippen LogP contribution in [0, 0.1) is 0 Å². The topological polar surface area (TPSA) is 127 Å². The molecule has 1 saturated heterocycles. The number of amides is 1. The fraction of sp³-hybridized carbons (Fsp3) is 0.435. The molecule has 0 bridgehead atoms. The van der Waals surface area contributed by atoms with Crippen molar-refractivity contribution in [3.05, 3.63) is 36.2 Å². The highest BCUT2D eigenvalue weighted by Crippen LogP contribution is 2.31. The van der Waals surface area contributed by atoms with Gasteiger partial charge in [-0.15, -0.1) is 0 Å². The molecule has 0 aliphatic carbocycles. The van der Waals surface area contributed by atoms with Gasteiger partial charge in [-0.25, -0.2) is 15.0 Å². The number of aromatic amines is 1. The number of aromatic nitrogens is 4. The van der Waals surface area contributed by atoms with Crippen LogP contribution in [0.2, 0.25) is 0 Å². The van der Waals surface area contributed by atoms with Gasteiger partial charge in [-0.1, -0.05) is 30.3 Å². The zero-order valence-corrected chi connectivity index (χ0v) is 18.6. The van der Waals surface area contributed by atoms with E-state index in [0.717, 1.165) is 12.0 Å². The minimum absolute atomic E-state index is 0.193. The molecule has 0 radical (unpaired) electrons. The van der Waals surface area contributed by atoms with Gasteiger partial charge in [-0.2, -0.15) is 0 Å². The molecule has 0 saturated carbocycles. The number of ether oxygens (including phenoxy) is 1. The Labute approximate surface area is 186 Å². The number of nitrogens with two attached hydrogens (primary N) is 1. The van der Waals surface area contributed by atoms with Crippen molar-refractivity contribution in [2.75, 3.05) is 11.4 Å². The lowest BCUT2D eigenvalue weighted by Gasteiger charge is -2.23. The van der Waals surface area contributed by atoms with E-state index in [1.165, 1.54) is 0 Å². The second kappa shape index (κ2) is 8.57. The molecule has 1 aliphatic rings. The number of imidazole rings is 1. The Morgan fingerprint density at radius 3 is 2.62 bits per heavy atom. The predicted molar refractivity (Wildman–Crippen MR) is 121 cm³/mol. The number of nitrogens with zero attached hydrogens (tertiary/aromatic N) is 4. The monoisotopic (exact) mass is 436 g/mol. The maximum absolute atomic E-state index is 12.1. The molecule has 4 rings (SSSR count). The molecule has 3 heterocycles. The minimum Gasteiger partial charge on any atom is -0.460 e. The first-order valence-electron chi connectivity index (χ1n) is 10.8. The van der Waals surface area contributed by atoms with E-state index in [1.807, 2.05) is 56.0 Å². The van der Waals surface area contributed by atoms with Crippen molar-refractivity contribution >= 4 is 28.9 Å². The summed E-state index contributed by atoms with van der Waals surface area (Å²) in [5, 5.41) is 0. The quantitative estimate of drug-likeness (QED) is 0.569. The first-order valence-corrected chi connectivity index (χ1v) is 10.8. The zero-order chi connectivity index (χ0) is 22.9. The highest BCUT2D eigenvalue weighted by Gasteiger charge is 2.32. The number of hydrogen-bond donors (Lipinski definition) is 2. The van der Waals surface area contributed by atoms with Gasteiger partial charge in [0, 0.05) is 18.5 Å². The molecule has 0 unspecified atom stereocenters. The standard InChI is InChI=1S/C23H28N6O3/c1-23(2,3)32-17(30)12-11-16-25-18-21(26-16)27-20(14-8-5-4-6-9-14)28-22(18)29-13-7-10-15(29)19(24)31/h4-6,8-9,15H,7,10-13H2,1-3H3,(H2,24,31)(H,25,26,27,28)/t15-/m0/s1. The number of benzene rings is 1. The van der Waals surface area contributed by atoms with E-state index in [4.69, 9.17) is 15.5 Å². The second-order valence-corrected chi connectivity index (χ2v) is 8.96. The molecule has 2 aromatic heterocycles. The van der Waals surface area contributed by atoms with Gasteiger partial charge in [-0.05, 0) is 33.6 Å². The van der Waals surface area contributed by atoms with Crippen LogP contribution in [0.3, 0.4) is 0 Å². The normalized spacial score (nSPS) is 16.5. The number of carbonyl (C=O) groups excluding carboxylic acids is 2. The summed E-state index contributed by atoms with van der Waals surface area (Å²) >= 11 is 0. The second-order valence-electron chi connectivity index (χ2n) is 8.96. The van der Waals surface area contributed by atoms with E-state index >= 15 is 0 Å². The Kier molecular flexibility index (Phi) is 5.82. The van der Waals surface area contributed by atoms with Crippen LogP contribution >= 0.6 is 0 Å². The van der Waals surface area contributed by atoms with E-state index in [9.17, 15) is 9.59 Å². The maximum atomic E-state index is 12.1. The SMILES string of the molecule is CC(C)(C)OC(=O)CCc1nc2nc(-c3ccccc3)nc(N3CCC[C@H]3C(N)=O)c2[nH]1. The predicted octanol–water partition coefficient (Wildman–Crippen LogP) is 2.75.